The molecule has 11 heavy (non-hydrogen) atoms. The van der Waals surface area contributed by atoms with E-state index in [1.54, 1.807) is 0 Å². The fourth-order valence-electron chi connectivity index (χ4n) is 2.06. The normalized spacial score (nSPS) is 42.9. The minimum Gasteiger partial charge on any atom is -0.268 e. The van der Waals surface area contributed by atoms with Gasteiger partial charge in [0, 0.05) is 17.8 Å². The maximum absolute atomic E-state index is 4.19. The number of nitrogens with zero attached hydrogens (tertiary/aromatic N) is 1. The molecule has 1 heterocycles. The summed E-state index contributed by atoms with van der Waals surface area (Å²) in [4.78, 5) is 4.19. The topological polar surface area (TPSA) is 12.4 Å². The Morgan fingerprint density at radius 1 is 1.55 bits per heavy atom. The minimum atomic E-state index is 0.337. The molecule has 0 N–H and O–H groups in total. The summed E-state index contributed by atoms with van der Waals surface area (Å²) < 4.78 is 0. The van der Waals surface area contributed by atoms with E-state index >= 15 is 0 Å². The molecule has 2 atom stereocenters. The second-order valence-corrected chi connectivity index (χ2v) is 3.45. The van der Waals surface area contributed by atoms with Crippen molar-refractivity contribution < 1.29 is 0 Å². The van der Waals surface area contributed by atoms with Crippen LogP contribution in [0.5, 0.6) is 0 Å². The first-order chi connectivity index (χ1) is 5.42. The first kappa shape index (κ1) is 5.53. The summed E-state index contributed by atoms with van der Waals surface area (Å²) in [6, 6.07) is 0. The molecule has 1 fully saturated rings. The van der Waals surface area contributed by atoms with E-state index in [4.69, 9.17) is 0 Å². The van der Waals surface area contributed by atoms with E-state index in [0.29, 0.717) is 5.41 Å². The molecule has 0 radical (unpaired) electrons. The van der Waals surface area contributed by atoms with Crippen LogP contribution in [0.2, 0.25) is 0 Å². The number of hydrogen-bond donors (Lipinski definition) is 0. The lowest BCUT2D eigenvalue weighted by atomic mass is 9.89. The number of hydrogen-bond acceptors (Lipinski definition) is 1. The van der Waals surface area contributed by atoms with E-state index in [0.717, 1.165) is 5.92 Å². The highest BCUT2D eigenvalue weighted by atomic mass is 14.8. The van der Waals surface area contributed by atoms with Crippen LogP contribution in [0.25, 0.3) is 0 Å². The smallest absolute Gasteiger partial charge is 0.0375 e. The molecule has 2 unspecified atom stereocenters. The Bertz CT molecular complexity index is 320. The van der Waals surface area contributed by atoms with Gasteiger partial charge in [-0.2, -0.15) is 0 Å². The quantitative estimate of drug-likeness (QED) is 0.492. The molecule has 54 valence electrons. The molecular formula is C10H9N. The molecule has 3 rings (SSSR count). The second-order valence-electron chi connectivity index (χ2n) is 3.45. The monoisotopic (exact) mass is 143 g/mol. The average Bonchev–Trinajstić information content (AvgIpc) is 2.75. The van der Waals surface area contributed by atoms with E-state index in [1.807, 2.05) is 6.20 Å². The molecule has 1 nitrogen and oxygen atoms in total. The van der Waals surface area contributed by atoms with Gasteiger partial charge in [0.2, 0.25) is 0 Å². The Morgan fingerprint density at radius 2 is 2.55 bits per heavy atom. The van der Waals surface area contributed by atoms with Crippen LogP contribution >= 0.6 is 0 Å². The summed E-state index contributed by atoms with van der Waals surface area (Å²) in [6.45, 7) is 0. The molecule has 1 spiro atoms. The van der Waals surface area contributed by atoms with Crippen molar-refractivity contribution in [3.05, 3.63) is 36.1 Å². The van der Waals surface area contributed by atoms with Gasteiger partial charge in [-0.15, -0.1) is 0 Å². The highest BCUT2D eigenvalue weighted by Gasteiger charge is 2.54. The van der Waals surface area contributed by atoms with Crippen LogP contribution in [0.3, 0.4) is 0 Å². The van der Waals surface area contributed by atoms with Crippen molar-refractivity contribution in [2.24, 2.45) is 16.3 Å². The molecule has 0 aromatic carbocycles. The van der Waals surface area contributed by atoms with Crippen molar-refractivity contribution in [2.45, 2.75) is 6.42 Å². The zero-order valence-electron chi connectivity index (χ0n) is 6.20. The van der Waals surface area contributed by atoms with Gasteiger partial charge >= 0.3 is 0 Å². The SMILES string of the molecule is C1=CC2CC23C=NC=CC3=C1. The van der Waals surface area contributed by atoms with Crippen molar-refractivity contribution in [1.29, 1.82) is 0 Å². The summed E-state index contributed by atoms with van der Waals surface area (Å²) in [5.74, 6) is 0.746. The van der Waals surface area contributed by atoms with Crippen LogP contribution in [0.15, 0.2) is 41.1 Å². The summed E-state index contributed by atoms with van der Waals surface area (Å²) in [6.07, 6.45) is 14.0. The minimum absolute atomic E-state index is 0.337. The van der Waals surface area contributed by atoms with Crippen LogP contribution in [0.1, 0.15) is 6.42 Å². The molecule has 1 heteroatoms. The molecule has 0 saturated heterocycles. The maximum Gasteiger partial charge on any atom is 0.0375 e. The molecule has 3 aliphatic rings. The van der Waals surface area contributed by atoms with Crippen LogP contribution < -0.4 is 0 Å². The van der Waals surface area contributed by atoms with E-state index in [1.165, 1.54) is 12.0 Å². The van der Waals surface area contributed by atoms with Gasteiger partial charge in [-0.05, 0) is 24.0 Å². The predicted octanol–water partition coefficient (Wildman–Crippen LogP) is 2.09. The Labute approximate surface area is 65.8 Å². The molecule has 2 aliphatic carbocycles. The molecule has 0 bridgehead atoms. The summed E-state index contributed by atoms with van der Waals surface area (Å²) in [5.41, 5.74) is 1.78. The van der Waals surface area contributed by atoms with Crippen LogP contribution in [0, 0.1) is 11.3 Å². The molecule has 1 saturated carbocycles. The largest absolute Gasteiger partial charge is 0.268 e. The van der Waals surface area contributed by atoms with Crippen molar-refractivity contribution >= 4 is 6.21 Å². The van der Waals surface area contributed by atoms with Gasteiger partial charge < -0.3 is 0 Å². The maximum atomic E-state index is 4.19. The van der Waals surface area contributed by atoms with Crippen LogP contribution in [-0.4, -0.2) is 6.21 Å². The molecular weight excluding hydrogens is 134 g/mol. The van der Waals surface area contributed by atoms with Crippen LogP contribution in [-0.2, 0) is 0 Å². The van der Waals surface area contributed by atoms with Crippen molar-refractivity contribution in [3.63, 3.8) is 0 Å². The second kappa shape index (κ2) is 1.55. The highest BCUT2D eigenvalue weighted by Crippen LogP contribution is 2.59. The van der Waals surface area contributed by atoms with Crippen molar-refractivity contribution in [2.75, 3.05) is 0 Å². The Hall–Kier alpha value is -1.11. The molecule has 0 aromatic rings. The Kier molecular flexibility index (Phi) is 0.780. The van der Waals surface area contributed by atoms with Gasteiger partial charge in [0.15, 0.2) is 0 Å². The molecule has 1 aliphatic heterocycles. The third-order valence-electron chi connectivity index (χ3n) is 2.86. The number of aliphatic imine (C=N–C) groups is 1. The van der Waals surface area contributed by atoms with E-state index in [9.17, 15) is 0 Å². The first-order valence-corrected chi connectivity index (χ1v) is 4.02. The van der Waals surface area contributed by atoms with E-state index in [2.05, 4.69) is 35.5 Å². The lowest BCUT2D eigenvalue weighted by molar-refractivity contribution is 0.804. The highest BCUT2D eigenvalue weighted by molar-refractivity contribution is 5.80. The molecule has 0 aromatic heterocycles. The predicted molar refractivity (Wildman–Crippen MR) is 45.4 cm³/mol. The number of rotatable bonds is 0. The summed E-state index contributed by atoms with van der Waals surface area (Å²) >= 11 is 0. The van der Waals surface area contributed by atoms with Crippen molar-refractivity contribution in [3.8, 4) is 0 Å². The molecule has 0 amide bonds. The van der Waals surface area contributed by atoms with Gasteiger partial charge in [0.25, 0.3) is 0 Å². The standard InChI is InChI=1S/C10H9N/c1-2-8-4-5-11-7-10(8)6-9(10)3-1/h1-5,7,9H,6H2. The summed E-state index contributed by atoms with van der Waals surface area (Å²) in [5, 5.41) is 0. The first-order valence-electron chi connectivity index (χ1n) is 4.02. The zero-order chi connectivity index (χ0) is 7.31. The fraction of sp³-hybridized carbons (Fsp3) is 0.300. The van der Waals surface area contributed by atoms with Gasteiger partial charge in [-0.25, -0.2) is 0 Å². The van der Waals surface area contributed by atoms with Gasteiger partial charge in [0.1, 0.15) is 0 Å². The zero-order valence-corrected chi connectivity index (χ0v) is 6.20. The Balaban J connectivity index is 2.18. The van der Waals surface area contributed by atoms with Crippen LogP contribution in [0.4, 0.5) is 0 Å². The third kappa shape index (κ3) is 0.543. The third-order valence-corrected chi connectivity index (χ3v) is 2.86. The van der Waals surface area contributed by atoms with E-state index in [-0.39, 0.29) is 0 Å². The summed E-state index contributed by atoms with van der Waals surface area (Å²) in [7, 11) is 0. The van der Waals surface area contributed by atoms with Gasteiger partial charge in [-0.1, -0.05) is 18.2 Å². The Morgan fingerprint density at radius 3 is 3.45 bits per heavy atom. The van der Waals surface area contributed by atoms with E-state index < -0.39 is 0 Å². The van der Waals surface area contributed by atoms with Gasteiger partial charge in [0.05, 0.1) is 0 Å². The van der Waals surface area contributed by atoms with Crippen molar-refractivity contribution in [1.82, 2.24) is 0 Å². The fourth-order valence-corrected chi connectivity index (χ4v) is 2.06. The average molecular weight is 143 g/mol. The number of allylic oxidation sites excluding steroid dienone is 5. The lowest BCUT2D eigenvalue weighted by Gasteiger charge is -2.17. The lowest BCUT2D eigenvalue weighted by Crippen LogP contribution is -2.11. The van der Waals surface area contributed by atoms with Gasteiger partial charge in [-0.3, -0.25) is 4.99 Å².